The van der Waals surface area contributed by atoms with Crippen LogP contribution >= 0.6 is 0 Å². The molecule has 0 fully saturated rings. The Balaban J connectivity index is 2.13. The van der Waals surface area contributed by atoms with E-state index in [2.05, 4.69) is 16.0 Å². The van der Waals surface area contributed by atoms with E-state index < -0.39 is 0 Å². The smallest absolute Gasteiger partial charge is 0.137 e. The number of hydrogen-bond donors (Lipinski definition) is 2. The second-order valence-electron chi connectivity index (χ2n) is 3.98. The number of aromatic nitrogens is 2. The Kier molecular flexibility index (Phi) is 2.38. The second-order valence-corrected chi connectivity index (χ2v) is 3.98. The van der Waals surface area contributed by atoms with Crippen LogP contribution in [0.1, 0.15) is 5.56 Å². The second kappa shape index (κ2) is 4.03. The maximum atomic E-state index is 9.13. The molecule has 0 saturated carbocycles. The summed E-state index contributed by atoms with van der Waals surface area (Å²) < 4.78 is 0. The van der Waals surface area contributed by atoms with Crippen LogP contribution in [0.25, 0.3) is 22.3 Å². The van der Waals surface area contributed by atoms with Crippen molar-refractivity contribution in [2.45, 2.75) is 6.61 Å². The minimum atomic E-state index is 0.0618. The van der Waals surface area contributed by atoms with Crippen LogP contribution in [0.3, 0.4) is 0 Å². The quantitative estimate of drug-likeness (QED) is 0.703. The highest BCUT2D eigenvalue weighted by molar-refractivity contribution is 5.82. The van der Waals surface area contributed by atoms with Crippen LogP contribution in [-0.4, -0.2) is 15.1 Å². The predicted molar refractivity (Wildman–Crippen MR) is 67.5 cm³/mol. The van der Waals surface area contributed by atoms with E-state index in [9.17, 15) is 0 Å². The molecule has 0 aliphatic heterocycles. The van der Waals surface area contributed by atoms with Gasteiger partial charge in [-0.25, -0.2) is 4.98 Å². The molecule has 0 bridgehead atoms. The van der Waals surface area contributed by atoms with E-state index >= 15 is 0 Å². The number of nitrogens with zero attached hydrogens (tertiary/aromatic N) is 1. The molecule has 3 aromatic rings. The van der Waals surface area contributed by atoms with Crippen LogP contribution in [-0.2, 0) is 6.61 Å². The van der Waals surface area contributed by atoms with E-state index in [-0.39, 0.29) is 6.61 Å². The predicted octanol–water partition coefficient (Wildman–Crippen LogP) is 2.72. The van der Waals surface area contributed by atoms with Gasteiger partial charge in [-0.3, -0.25) is 0 Å². The minimum Gasteiger partial charge on any atom is -0.392 e. The molecule has 3 rings (SSSR count). The SMILES string of the molecule is OCc1cccc(-c2cc3cccnc3[nH]2)c1. The molecule has 3 heteroatoms. The monoisotopic (exact) mass is 224 g/mol. The number of nitrogens with one attached hydrogen (secondary N) is 1. The molecule has 2 aromatic heterocycles. The third-order valence-corrected chi connectivity index (χ3v) is 2.81. The van der Waals surface area contributed by atoms with Crippen LogP contribution in [0.5, 0.6) is 0 Å². The van der Waals surface area contributed by atoms with E-state index in [1.165, 1.54) is 0 Å². The van der Waals surface area contributed by atoms with Crippen molar-refractivity contribution < 1.29 is 5.11 Å². The Labute approximate surface area is 98.8 Å². The molecule has 3 nitrogen and oxygen atoms in total. The normalized spacial score (nSPS) is 10.9. The fourth-order valence-electron chi connectivity index (χ4n) is 1.95. The summed E-state index contributed by atoms with van der Waals surface area (Å²) in [6, 6.07) is 13.9. The van der Waals surface area contributed by atoms with Crippen LogP contribution in [0, 0.1) is 0 Å². The van der Waals surface area contributed by atoms with Gasteiger partial charge in [0, 0.05) is 17.3 Å². The van der Waals surface area contributed by atoms with Crippen molar-refractivity contribution in [3.63, 3.8) is 0 Å². The first kappa shape index (κ1) is 10.1. The largest absolute Gasteiger partial charge is 0.392 e. The lowest BCUT2D eigenvalue weighted by Gasteiger charge is -2.00. The Bertz CT molecular complexity index is 625. The lowest BCUT2D eigenvalue weighted by atomic mass is 10.1. The molecule has 2 heterocycles. The van der Waals surface area contributed by atoms with Gasteiger partial charge < -0.3 is 10.1 Å². The summed E-state index contributed by atoms with van der Waals surface area (Å²) in [4.78, 5) is 7.54. The van der Waals surface area contributed by atoms with Gasteiger partial charge in [-0.2, -0.15) is 0 Å². The van der Waals surface area contributed by atoms with Gasteiger partial charge in [-0.15, -0.1) is 0 Å². The molecule has 0 unspecified atom stereocenters. The average molecular weight is 224 g/mol. The summed E-state index contributed by atoms with van der Waals surface area (Å²) in [5, 5.41) is 10.2. The maximum Gasteiger partial charge on any atom is 0.137 e. The van der Waals surface area contributed by atoms with Gasteiger partial charge in [0.1, 0.15) is 5.65 Å². The Hall–Kier alpha value is -2.13. The van der Waals surface area contributed by atoms with Gasteiger partial charge in [0.2, 0.25) is 0 Å². The Morgan fingerprint density at radius 3 is 2.88 bits per heavy atom. The number of aromatic amines is 1. The molecule has 0 saturated heterocycles. The molecule has 2 N–H and O–H groups in total. The molecular weight excluding hydrogens is 212 g/mol. The summed E-state index contributed by atoms with van der Waals surface area (Å²) in [6.07, 6.45) is 1.77. The highest BCUT2D eigenvalue weighted by Gasteiger charge is 2.03. The molecule has 0 aliphatic rings. The summed E-state index contributed by atoms with van der Waals surface area (Å²) >= 11 is 0. The first-order valence-corrected chi connectivity index (χ1v) is 5.51. The van der Waals surface area contributed by atoms with Crippen LogP contribution in [0.2, 0.25) is 0 Å². The summed E-state index contributed by atoms with van der Waals surface area (Å²) in [5.74, 6) is 0. The number of aliphatic hydroxyl groups excluding tert-OH is 1. The number of pyridine rings is 1. The van der Waals surface area contributed by atoms with E-state index in [0.29, 0.717) is 0 Å². The van der Waals surface area contributed by atoms with E-state index in [0.717, 1.165) is 27.9 Å². The van der Waals surface area contributed by atoms with Crippen LogP contribution < -0.4 is 0 Å². The zero-order valence-corrected chi connectivity index (χ0v) is 9.22. The van der Waals surface area contributed by atoms with Crippen molar-refractivity contribution in [1.29, 1.82) is 0 Å². The zero-order valence-electron chi connectivity index (χ0n) is 9.22. The van der Waals surface area contributed by atoms with Crippen molar-refractivity contribution >= 4 is 11.0 Å². The Morgan fingerprint density at radius 2 is 2.06 bits per heavy atom. The summed E-state index contributed by atoms with van der Waals surface area (Å²) in [5.41, 5.74) is 3.88. The molecule has 0 atom stereocenters. The fraction of sp³-hybridized carbons (Fsp3) is 0.0714. The van der Waals surface area contributed by atoms with Crippen LogP contribution in [0.15, 0.2) is 48.7 Å². The van der Waals surface area contributed by atoms with Crippen LogP contribution in [0.4, 0.5) is 0 Å². The van der Waals surface area contributed by atoms with Gasteiger partial charge >= 0.3 is 0 Å². The molecule has 0 radical (unpaired) electrons. The summed E-state index contributed by atoms with van der Waals surface area (Å²) in [6.45, 7) is 0.0618. The van der Waals surface area contributed by atoms with Crippen molar-refractivity contribution in [3.8, 4) is 11.3 Å². The maximum absolute atomic E-state index is 9.13. The fourth-order valence-corrected chi connectivity index (χ4v) is 1.95. The van der Waals surface area contributed by atoms with Gasteiger partial charge in [-0.1, -0.05) is 18.2 Å². The molecule has 84 valence electrons. The highest BCUT2D eigenvalue weighted by Crippen LogP contribution is 2.23. The van der Waals surface area contributed by atoms with E-state index in [4.69, 9.17) is 5.11 Å². The van der Waals surface area contributed by atoms with Gasteiger partial charge in [-0.05, 0) is 35.4 Å². The number of fused-ring (bicyclic) bond motifs is 1. The molecule has 0 aliphatic carbocycles. The van der Waals surface area contributed by atoms with Crippen molar-refractivity contribution in [3.05, 3.63) is 54.2 Å². The number of aliphatic hydroxyl groups is 1. The topological polar surface area (TPSA) is 48.9 Å². The van der Waals surface area contributed by atoms with E-state index in [1.54, 1.807) is 6.20 Å². The number of H-pyrrole nitrogens is 1. The number of hydrogen-bond acceptors (Lipinski definition) is 2. The first-order chi connectivity index (χ1) is 8.36. The lowest BCUT2D eigenvalue weighted by Crippen LogP contribution is -1.84. The van der Waals surface area contributed by atoms with Crippen molar-refractivity contribution in [2.24, 2.45) is 0 Å². The standard InChI is InChI=1S/C14H12N2O/c17-9-10-3-1-4-11(7-10)13-8-12-5-2-6-15-14(12)16-13/h1-8,17H,9H2,(H,15,16). The van der Waals surface area contributed by atoms with E-state index in [1.807, 2.05) is 36.4 Å². The van der Waals surface area contributed by atoms with Gasteiger partial charge in [0.25, 0.3) is 0 Å². The molecule has 1 aromatic carbocycles. The molecule has 0 spiro atoms. The number of benzene rings is 1. The third-order valence-electron chi connectivity index (χ3n) is 2.81. The van der Waals surface area contributed by atoms with Gasteiger partial charge in [0.05, 0.1) is 6.61 Å². The summed E-state index contributed by atoms with van der Waals surface area (Å²) in [7, 11) is 0. The minimum absolute atomic E-state index is 0.0618. The van der Waals surface area contributed by atoms with Gasteiger partial charge in [0.15, 0.2) is 0 Å². The number of rotatable bonds is 2. The van der Waals surface area contributed by atoms with Crippen molar-refractivity contribution in [1.82, 2.24) is 9.97 Å². The Morgan fingerprint density at radius 1 is 1.12 bits per heavy atom. The lowest BCUT2D eigenvalue weighted by molar-refractivity contribution is 0.282. The first-order valence-electron chi connectivity index (χ1n) is 5.51. The van der Waals surface area contributed by atoms with Crippen molar-refractivity contribution in [2.75, 3.05) is 0 Å². The zero-order chi connectivity index (χ0) is 11.7. The third kappa shape index (κ3) is 1.81. The molecule has 0 amide bonds. The average Bonchev–Trinajstić information content (AvgIpc) is 2.82. The molecule has 17 heavy (non-hydrogen) atoms. The molecular formula is C14H12N2O. The highest BCUT2D eigenvalue weighted by atomic mass is 16.3.